The van der Waals surface area contributed by atoms with Gasteiger partial charge < -0.3 is 14.8 Å². The minimum Gasteiger partial charge on any atom is -0.493 e. The Hall–Kier alpha value is -2.02. The maximum Gasteiger partial charge on any atom is 0.236 e. The van der Waals surface area contributed by atoms with Crippen LogP contribution in [0.2, 0.25) is 0 Å². The van der Waals surface area contributed by atoms with Gasteiger partial charge in [-0.15, -0.1) is 5.10 Å². The van der Waals surface area contributed by atoms with Crippen LogP contribution >= 0.6 is 11.8 Å². The molecule has 2 rings (SSSR count). The summed E-state index contributed by atoms with van der Waals surface area (Å²) in [5, 5.41) is 11.1. The number of nitrogens with zero attached hydrogens (tertiary/aromatic N) is 2. The first-order valence-electron chi connectivity index (χ1n) is 6.58. The molecule has 1 amide bonds. The number of thioether (sulfide) groups is 1. The fourth-order valence-corrected chi connectivity index (χ4v) is 2.31. The summed E-state index contributed by atoms with van der Waals surface area (Å²) in [7, 11) is 1.60. The van der Waals surface area contributed by atoms with Crippen molar-refractivity contribution in [3.8, 4) is 11.5 Å². The van der Waals surface area contributed by atoms with Crippen molar-refractivity contribution in [1.82, 2.24) is 5.32 Å². The summed E-state index contributed by atoms with van der Waals surface area (Å²) < 4.78 is 11.0. The summed E-state index contributed by atoms with van der Waals surface area (Å²) in [6.07, 6.45) is 2.49. The van der Waals surface area contributed by atoms with Gasteiger partial charge in [-0.2, -0.15) is 5.10 Å². The predicted molar refractivity (Wildman–Crippen MR) is 84.4 cm³/mol. The van der Waals surface area contributed by atoms with Gasteiger partial charge in [0.2, 0.25) is 5.91 Å². The SMILES string of the molecule is CCCOc1c(C=NN=C2NC(=O)CS2)cccc1OC. The standard InChI is InChI=1S/C14H17N3O3S/c1-3-7-20-13-10(5-4-6-11(13)19-2)8-15-17-14-16-12(18)9-21-14/h4-6,8H,3,7,9H2,1-2H3,(H,16,17,18). The van der Waals surface area contributed by atoms with Crippen molar-refractivity contribution in [1.29, 1.82) is 0 Å². The second-order valence-corrected chi connectivity index (χ2v) is 5.18. The van der Waals surface area contributed by atoms with Crippen molar-refractivity contribution in [3.63, 3.8) is 0 Å². The highest BCUT2D eigenvalue weighted by Crippen LogP contribution is 2.30. The summed E-state index contributed by atoms with van der Waals surface area (Å²) >= 11 is 1.33. The lowest BCUT2D eigenvalue weighted by Crippen LogP contribution is -2.19. The second kappa shape index (κ2) is 7.68. The van der Waals surface area contributed by atoms with E-state index in [9.17, 15) is 4.79 Å². The van der Waals surface area contributed by atoms with Gasteiger partial charge in [0.15, 0.2) is 16.7 Å². The third-order valence-corrected chi connectivity index (χ3v) is 3.48. The third-order valence-electron chi connectivity index (χ3n) is 2.61. The number of hydrogen-bond acceptors (Lipinski definition) is 6. The van der Waals surface area contributed by atoms with Crippen LogP contribution in [0.5, 0.6) is 11.5 Å². The molecule has 0 aromatic heterocycles. The van der Waals surface area contributed by atoms with Crippen molar-refractivity contribution in [2.45, 2.75) is 13.3 Å². The Morgan fingerprint density at radius 2 is 2.33 bits per heavy atom. The first-order valence-corrected chi connectivity index (χ1v) is 7.56. The minimum absolute atomic E-state index is 0.0534. The number of para-hydroxylation sites is 1. The van der Waals surface area contributed by atoms with E-state index < -0.39 is 0 Å². The van der Waals surface area contributed by atoms with E-state index in [0.717, 1.165) is 12.0 Å². The first-order chi connectivity index (χ1) is 10.2. The van der Waals surface area contributed by atoms with Crippen molar-refractivity contribution in [2.24, 2.45) is 10.2 Å². The molecule has 1 aromatic rings. The number of amides is 1. The van der Waals surface area contributed by atoms with Crippen LogP contribution in [0.25, 0.3) is 0 Å². The number of carbonyl (C=O) groups is 1. The molecule has 1 N–H and O–H groups in total. The molecule has 0 aliphatic carbocycles. The van der Waals surface area contributed by atoms with Crippen molar-refractivity contribution < 1.29 is 14.3 Å². The zero-order valence-electron chi connectivity index (χ0n) is 12.0. The van der Waals surface area contributed by atoms with Crippen LogP contribution in [0, 0.1) is 0 Å². The number of carbonyl (C=O) groups excluding carboxylic acids is 1. The van der Waals surface area contributed by atoms with E-state index in [-0.39, 0.29) is 5.91 Å². The van der Waals surface area contributed by atoms with Crippen LogP contribution in [-0.4, -0.2) is 36.8 Å². The highest BCUT2D eigenvalue weighted by molar-refractivity contribution is 8.15. The van der Waals surface area contributed by atoms with Gasteiger partial charge in [-0.05, 0) is 18.6 Å². The molecule has 1 aliphatic heterocycles. The molecular weight excluding hydrogens is 290 g/mol. The van der Waals surface area contributed by atoms with E-state index in [1.54, 1.807) is 13.3 Å². The fraction of sp³-hybridized carbons (Fsp3) is 0.357. The number of hydrogen-bond donors (Lipinski definition) is 1. The lowest BCUT2D eigenvalue weighted by atomic mass is 10.2. The minimum atomic E-state index is -0.0534. The van der Waals surface area contributed by atoms with Gasteiger partial charge >= 0.3 is 0 Å². The second-order valence-electron chi connectivity index (χ2n) is 4.21. The van der Waals surface area contributed by atoms with Crippen LogP contribution in [-0.2, 0) is 4.79 Å². The highest BCUT2D eigenvalue weighted by atomic mass is 32.2. The fourth-order valence-electron chi connectivity index (χ4n) is 1.68. The van der Waals surface area contributed by atoms with E-state index in [0.29, 0.717) is 29.0 Å². The molecule has 1 saturated heterocycles. The van der Waals surface area contributed by atoms with E-state index in [2.05, 4.69) is 15.5 Å². The molecule has 1 fully saturated rings. The summed E-state index contributed by atoms with van der Waals surface area (Å²) in [5.74, 6) is 1.64. The van der Waals surface area contributed by atoms with Gasteiger partial charge in [-0.3, -0.25) is 4.79 Å². The average molecular weight is 307 g/mol. The Morgan fingerprint density at radius 3 is 3.00 bits per heavy atom. The molecule has 0 unspecified atom stereocenters. The van der Waals surface area contributed by atoms with E-state index in [1.165, 1.54) is 11.8 Å². The number of rotatable bonds is 6. The van der Waals surface area contributed by atoms with Gasteiger partial charge in [-0.25, -0.2) is 0 Å². The lowest BCUT2D eigenvalue weighted by molar-refractivity contribution is -0.116. The molecule has 6 nitrogen and oxygen atoms in total. The molecule has 1 heterocycles. The van der Waals surface area contributed by atoms with Gasteiger partial charge in [-0.1, -0.05) is 24.8 Å². The summed E-state index contributed by atoms with van der Waals surface area (Å²) in [5.41, 5.74) is 0.779. The molecule has 0 saturated carbocycles. The first kappa shape index (κ1) is 15.4. The zero-order chi connectivity index (χ0) is 15.1. The summed E-state index contributed by atoms with van der Waals surface area (Å²) in [6, 6.07) is 5.57. The molecule has 0 spiro atoms. The Kier molecular flexibility index (Phi) is 5.62. The Morgan fingerprint density at radius 1 is 1.48 bits per heavy atom. The monoisotopic (exact) mass is 307 g/mol. The molecule has 7 heteroatoms. The van der Waals surface area contributed by atoms with Gasteiger partial charge in [0.1, 0.15) is 0 Å². The number of nitrogens with one attached hydrogen (secondary N) is 1. The lowest BCUT2D eigenvalue weighted by Gasteiger charge is -2.12. The quantitative estimate of drug-likeness (QED) is 0.645. The molecule has 0 bridgehead atoms. The van der Waals surface area contributed by atoms with Crippen molar-refractivity contribution in [2.75, 3.05) is 19.5 Å². The van der Waals surface area contributed by atoms with Crippen LogP contribution < -0.4 is 14.8 Å². The largest absolute Gasteiger partial charge is 0.493 e. The predicted octanol–water partition coefficient (Wildman–Crippen LogP) is 2.04. The molecule has 21 heavy (non-hydrogen) atoms. The van der Waals surface area contributed by atoms with E-state index in [1.807, 2.05) is 25.1 Å². The maximum absolute atomic E-state index is 11.0. The Bertz CT molecular complexity index is 573. The summed E-state index contributed by atoms with van der Waals surface area (Å²) in [4.78, 5) is 11.0. The normalized spacial score (nSPS) is 16.5. The maximum atomic E-state index is 11.0. The van der Waals surface area contributed by atoms with Crippen molar-refractivity contribution >= 4 is 29.1 Å². The Balaban J connectivity index is 2.16. The van der Waals surface area contributed by atoms with Crippen molar-refractivity contribution in [3.05, 3.63) is 23.8 Å². The van der Waals surface area contributed by atoms with Crippen LogP contribution in [0.1, 0.15) is 18.9 Å². The molecule has 0 atom stereocenters. The highest BCUT2D eigenvalue weighted by Gasteiger charge is 2.16. The van der Waals surface area contributed by atoms with E-state index >= 15 is 0 Å². The van der Waals surface area contributed by atoms with Gasteiger partial charge in [0, 0.05) is 5.56 Å². The van der Waals surface area contributed by atoms with Crippen LogP contribution in [0.15, 0.2) is 28.4 Å². The Labute approximate surface area is 127 Å². The van der Waals surface area contributed by atoms with Gasteiger partial charge in [0.25, 0.3) is 0 Å². The summed E-state index contributed by atoms with van der Waals surface area (Å²) in [6.45, 7) is 2.64. The van der Waals surface area contributed by atoms with E-state index in [4.69, 9.17) is 9.47 Å². The smallest absolute Gasteiger partial charge is 0.236 e. The molecule has 0 radical (unpaired) electrons. The van der Waals surface area contributed by atoms with Crippen LogP contribution in [0.4, 0.5) is 0 Å². The number of amidine groups is 1. The molecule has 1 aliphatic rings. The average Bonchev–Trinajstić information content (AvgIpc) is 2.91. The number of benzene rings is 1. The molecule has 1 aromatic carbocycles. The number of ether oxygens (including phenoxy) is 2. The van der Waals surface area contributed by atoms with Gasteiger partial charge in [0.05, 0.1) is 25.7 Å². The third kappa shape index (κ3) is 4.22. The molecule has 112 valence electrons. The van der Waals surface area contributed by atoms with Crippen LogP contribution in [0.3, 0.4) is 0 Å². The zero-order valence-corrected chi connectivity index (χ0v) is 12.8. The topological polar surface area (TPSA) is 72.3 Å². The molecular formula is C14H17N3O3S. The number of methoxy groups -OCH3 is 1.